The maximum Gasteiger partial charge on any atom is 0.416 e. The minimum Gasteiger partial charge on any atom is -0.345 e. The number of fused-ring (bicyclic) bond motifs is 1. The van der Waals surface area contributed by atoms with Gasteiger partial charge in [-0.05, 0) is 36.8 Å². The summed E-state index contributed by atoms with van der Waals surface area (Å²) in [5.74, 6) is -1.23. The number of halogens is 5. The number of amides is 1. The highest BCUT2D eigenvalue weighted by atomic mass is 19.4. The number of hydrogen-bond donors (Lipinski definition) is 1. The number of pyridine rings is 1. The average molecular weight is 384 g/mol. The Hall–Kier alpha value is -3.04. The molecule has 0 aliphatic rings. The summed E-state index contributed by atoms with van der Waals surface area (Å²) in [5.41, 5.74) is -0.374. The molecular formula is C17H13F5N4O. The molecule has 5 nitrogen and oxygen atoms in total. The predicted octanol–water partition coefficient (Wildman–Crippen LogP) is 4.18. The molecule has 2 aromatic heterocycles. The van der Waals surface area contributed by atoms with Crippen LogP contribution in [0.3, 0.4) is 0 Å². The van der Waals surface area contributed by atoms with Crippen molar-refractivity contribution in [2.24, 2.45) is 0 Å². The van der Waals surface area contributed by atoms with Crippen molar-refractivity contribution in [1.82, 2.24) is 19.9 Å². The lowest BCUT2D eigenvalue weighted by Crippen LogP contribution is -2.27. The minimum absolute atomic E-state index is 0.0445. The second-order valence-corrected chi connectivity index (χ2v) is 5.82. The first-order valence-electron chi connectivity index (χ1n) is 7.77. The van der Waals surface area contributed by atoms with Crippen molar-refractivity contribution in [1.29, 1.82) is 0 Å². The van der Waals surface area contributed by atoms with E-state index >= 15 is 0 Å². The average Bonchev–Trinajstić information content (AvgIpc) is 3.04. The summed E-state index contributed by atoms with van der Waals surface area (Å²) in [5, 5.41) is 9.49. The first-order chi connectivity index (χ1) is 12.7. The fourth-order valence-corrected chi connectivity index (χ4v) is 2.54. The Morgan fingerprint density at radius 1 is 1.15 bits per heavy atom. The summed E-state index contributed by atoms with van der Waals surface area (Å²) in [6, 6.07) is 6.57. The Bertz CT molecular complexity index is 983. The number of nitrogens with one attached hydrogen (secondary N) is 1. The van der Waals surface area contributed by atoms with Crippen LogP contribution in [0.25, 0.3) is 5.65 Å². The maximum atomic E-state index is 12.9. The Balaban J connectivity index is 1.83. The molecule has 142 valence electrons. The summed E-state index contributed by atoms with van der Waals surface area (Å²) < 4.78 is 65.3. The SMILES string of the molecule is CC(NC(=O)c1ccc2nnc(C(F)F)n2c1)c1cccc(C(F)(F)F)c1. The summed E-state index contributed by atoms with van der Waals surface area (Å²) in [6.07, 6.45) is -6.21. The molecule has 0 saturated heterocycles. The number of aromatic nitrogens is 3. The van der Waals surface area contributed by atoms with E-state index in [9.17, 15) is 26.7 Å². The predicted molar refractivity (Wildman–Crippen MR) is 85.3 cm³/mol. The molecule has 1 N–H and O–H groups in total. The fourth-order valence-electron chi connectivity index (χ4n) is 2.54. The van der Waals surface area contributed by atoms with Gasteiger partial charge in [-0.1, -0.05) is 12.1 Å². The van der Waals surface area contributed by atoms with E-state index in [4.69, 9.17) is 0 Å². The van der Waals surface area contributed by atoms with E-state index < -0.39 is 35.9 Å². The van der Waals surface area contributed by atoms with Crippen LogP contribution in [0.5, 0.6) is 0 Å². The molecule has 0 spiro atoms. The molecule has 3 aromatic rings. The highest BCUT2D eigenvalue weighted by Crippen LogP contribution is 2.30. The Morgan fingerprint density at radius 3 is 2.56 bits per heavy atom. The molecule has 10 heteroatoms. The molecule has 1 amide bonds. The molecule has 0 fully saturated rings. The summed E-state index contributed by atoms with van der Waals surface area (Å²) in [7, 11) is 0. The zero-order valence-corrected chi connectivity index (χ0v) is 13.8. The van der Waals surface area contributed by atoms with Crippen LogP contribution >= 0.6 is 0 Å². The maximum absolute atomic E-state index is 12.9. The van der Waals surface area contributed by atoms with Crippen LogP contribution in [0.4, 0.5) is 22.0 Å². The van der Waals surface area contributed by atoms with E-state index in [1.807, 2.05) is 0 Å². The molecule has 0 aliphatic carbocycles. The second kappa shape index (κ2) is 6.93. The summed E-state index contributed by atoms with van der Waals surface area (Å²) >= 11 is 0. The van der Waals surface area contributed by atoms with Gasteiger partial charge in [-0.3, -0.25) is 9.20 Å². The van der Waals surface area contributed by atoms with E-state index in [0.29, 0.717) is 0 Å². The minimum atomic E-state index is -4.50. The van der Waals surface area contributed by atoms with Crippen LogP contribution in [0, 0.1) is 0 Å². The topological polar surface area (TPSA) is 59.3 Å². The van der Waals surface area contributed by atoms with Crippen molar-refractivity contribution in [2.75, 3.05) is 0 Å². The van der Waals surface area contributed by atoms with Gasteiger partial charge in [0.1, 0.15) is 0 Å². The quantitative estimate of drug-likeness (QED) is 0.687. The summed E-state index contributed by atoms with van der Waals surface area (Å²) in [4.78, 5) is 12.4. The standard InChI is InChI=1S/C17H13F5N4O/c1-9(10-3-2-4-12(7-10)17(20,21)22)23-16(27)11-5-6-13-24-25-15(14(18)19)26(13)8-11/h2-9,14H,1H3,(H,23,27). The Kier molecular flexibility index (Phi) is 4.81. The number of nitrogens with zero attached hydrogens (tertiary/aromatic N) is 3. The van der Waals surface area contributed by atoms with Gasteiger partial charge in [0, 0.05) is 6.20 Å². The third kappa shape index (κ3) is 3.88. The Morgan fingerprint density at radius 2 is 1.89 bits per heavy atom. The summed E-state index contributed by atoms with van der Waals surface area (Å²) in [6.45, 7) is 1.52. The van der Waals surface area contributed by atoms with E-state index in [-0.39, 0.29) is 16.8 Å². The highest BCUT2D eigenvalue weighted by molar-refractivity contribution is 5.94. The van der Waals surface area contributed by atoms with E-state index in [0.717, 1.165) is 22.7 Å². The number of hydrogen-bond acceptors (Lipinski definition) is 3. The van der Waals surface area contributed by atoms with Gasteiger partial charge in [-0.2, -0.15) is 13.2 Å². The number of carbonyl (C=O) groups is 1. The molecule has 0 radical (unpaired) electrons. The van der Waals surface area contributed by atoms with Crippen molar-refractivity contribution in [3.8, 4) is 0 Å². The van der Waals surface area contributed by atoms with E-state index in [1.165, 1.54) is 31.2 Å². The van der Waals surface area contributed by atoms with Crippen molar-refractivity contribution >= 4 is 11.6 Å². The molecule has 0 aliphatic heterocycles. The first-order valence-corrected chi connectivity index (χ1v) is 7.77. The molecule has 2 heterocycles. The van der Waals surface area contributed by atoms with Gasteiger partial charge >= 0.3 is 6.18 Å². The van der Waals surface area contributed by atoms with Crippen LogP contribution in [0.2, 0.25) is 0 Å². The van der Waals surface area contributed by atoms with Gasteiger partial charge in [0.15, 0.2) is 5.65 Å². The number of rotatable bonds is 4. The highest BCUT2D eigenvalue weighted by Gasteiger charge is 2.30. The van der Waals surface area contributed by atoms with Gasteiger partial charge in [-0.25, -0.2) is 8.78 Å². The monoisotopic (exact) mass is 384 g/mol. The fraction of sp³-hybridized carbons (Fsp3) is 0.235. The lowest BCUT2D eigenvalue weighted by atomic mass is 10.0. The third-order valence-corrected chi connectivity index (χ3v) is 3.95. The van der Waals surface area contributed by atoms with E-state index in [2.05, 4.69) is 15.5 Å². The largest absolute Gasteiger partial charge is 0.416 e. The molecule has 1 atom stereocenters. The zero-order chi connectivity index (χ0) is 19.8. The van der Waals surface area contributed by atoms with Gasteiger partial charge in [0.25, 0.3) is 12.3 Å². The van der Waals surface area contributed by atoms with E-state index in [1.54, 1.807) is 0 Å². The van der Waals surface area contributed by atoms with Gasteiger partial charge in [-0.15, -0.1) is 10.2 Å². The molecule has 27 heavy (non-hydrogen) atoms. The van der Waals surface area contributed by atoms with Crippen molar-refractivity contribution in [2.45, 2.75) is 25.6 Å². The van der Waals surface area contributed by atoms with Gasteiger partial charge < -0.3 is 5.32 Å². The van der Waals surface area contributed by atoms with Gasteiger partial charge in [0.2, 0.25) is 5.82 Å². The number of alkyl halides is 5. The second-order valence-electron chi connectivity index (χ2n) is 5.82. The van der Waals surface area contributed by atoms with Crippen molar-refractivity contribution < 1.29 is 26.7 Å². The molecule has 3 rings (SSSR count). The van der Waals surface area contributed by atoms with Crippen LogP contribution in [-0.2, 0) is 6.18 Å². The molecule has 1 unspecified atom stereocenters. The van der Waals surface area contributed by atoms with Crippen LogP contribution < -0.4 is 5.32 Å². The molecule has 0 bridgehead atoms. The van der Waals surface area contributed by atoms with Crippen LogP contribution in [-0.4, -0.2) is 20.5 Å². The molecule has 1 aromatic carbocycles. The third-order valence-electron chi connectivity index (χ3n) is 3.95. The first kappa shape index (κ1) is 18.7. The van der Waals surface area contributed by atoms with Crippen molar-refractivity contribution in [3.05, 3.63) is 65.1 Å². The van der Waals surface area contributed by atoms with Crippen molar-refractivity contribution in [3.63, 3.8) is 0 Å². The van der Waals surface area contributed by atoms with Gasteiger partial charge in [0.05, 0.1) is 17.2 Å². The normalized spacial score (nSPS) is 13.1. The lowest BCUT2D eigenvalue weighted by molar-refractivity contribution is -0.137. The van der Waals surface area contributed by atoms with Crippen LogP contribution in [0.15, 0.2) is 42.6 Å². The smallest absolute Gasteiger partial charge is 0.345 e. The molecular weight excluding hydrogens is 371 g/mol. The number of benzene rings is 1. The zero-order valence-electron chi connectivity index (χ0n) is 13.8. The van der Waals surface area contributed by atoms with Crippen LogP contribution in [0.1, 0.15) is 46.7 Å². The number of carbonyl (C=O) groups excluding carboxylic acids is 1. The Labute approximate surface area is 149 Å². The lowest BCUT2D eigenvalue weighted by Gasteiger charge is -2.16. The molecule has 0 saturated carbocycles.